The van der Waals surface area contributed by atoms with Gasteiger partial charge in [-0.25, -0.2) is 4.90 Å². The molecule has 0 N–H and O–H groups in total. The largest absolute Gasteiger partial charge is 0.457 e. The van der Waals surface area contributed by atoms with Crippen LogP contribution in [-0.2, 0) is 5.41 Å². The number of hydrogen-bond donors (Lipinski definition) is 0. The quantitative estimate of drug-likeness (QED) is 0.208. The Kier molecular flexibility index (Phi) is 6.26. The van der Waals surface area contributed by atoms with Gasteiger partial charge in [0.05, 0.1) is 5.69 Å². The molecule has 1 aliphatic rings. The van der Waals surface area contributed by atoms with Crippen molar-refractivity contribution < 1.29 is 14.3 Å². The fourth-order valence-corrected chi connectivity index (χ4v) is 5.64. The van der Waals surface area contributed by atoms with Crippen LogP contribution in [0.4, 0.5) is 5.69 Å². The summed E-state index contributed by atoms with van der Waals surface area (Å²) in [6.45, 7) is 8.54. The maximum absolute atomic E-state index is 13.8. The summed E-state index contributed by atoms with van der Waals surface area (Å²) < 4.78 is 6.34. The molecule has 40 heavy (non-hydrogen) atoms. The minimum Gasteiger partial charge on any atom is -0.457 e. The molecular formula is C36H31NO3. The van der Waals surface area contributed by atoms with E-state index in [1.54, 1.807) is 12.1 Å². The predicted octanol–water partition coefficient (Wildman–Crippen LogP) is 8.88. The summed E-state index contributed by atoms with van der Waals surface area (Å²) in [5, 5.41) is 1.37. The molecule has 0 bridgehead atoms. The van der Waals surface area contributed by atoms with Crippen molar-refractivity contribution in [3.05, 3.63) is 137 Å². The van der Waals surface area contributed by atoms with Crippen LogP contribution in [-0.4, -0.2) is 11.8 Å². The standard InChI is InChI=1S/C36H31NO3/c1-23(2)27-13-8-9-16-31(27)37-34(38)29-15-10-14-28-32(22-21-30(33(28)29)35(37)39)40-26-19-17-25(18-20-26)36(3,4)24-11-6-5-7-12-24/h5-23H,1-4H3. The average Bonchev–Trinajstić information content (AvgIpc) is 2.97. The molecule has 0 aliphatic carbocycles. The second kappa shape index (κ2) is 9.80. The predicted molar refractivity (Wildman–Crippen MR) is 161 cm³/mol. The number of benzene rings is 5. The molecule has 1 aliphatic heterocycles. The molecule has 1 heterocycles. The van der Waals surface area contributed by atoms with Crippen LogP contribution in [0.25, 0.3) is 10.8 Å². The van der Waals surface area contributed by atoms with E-state index in [0.29, 0.717) is 33.7 Å². The summed E-state index contributed by atoms with van der Waals surface area (Å²) in [4.78, 5) is 28.9. The Morgan fingerprint density at radius 3 is 1.98 bits per heavy atom. The maximum Gasteiger partial charge on any atom is 0.265 e. The third-order valence-electron chi connectivity index (χ3n) is 7.97. The molecule has 6 rings (SSSR count). The monoisotopic (exact) mass is 525 g/mol. The van der Waals surface area contributed by atoms with Crippen molar-refractivity contribution in [1.82, 2.24) is 0 Å². The third kappa shape index (κ3) is 4.17. The highest BCUT2D eigenvalue weighted by molar-refractivity contribution is 6.36. The molecule has 198 valence electrons. The van der Waals surface area contributed by atoms with E-state index >= 15 is 0 Å². The maximum atomic E-state index is 13.8. The SMILES string of the molecule is CC(C)c1ccccc1N1C(=O)c2cccc3c(Oc4ccc(C(C)(C)c5ccccc5)cc4)ccc(c23)C1=O. The van der Waals surface area contributed by atoms with Crippen molar-refractivity contribution in [3.63, 3.8) is 0 Å². The Hall–Kier alpha value is -4.70. The van der Waals surface area contributed by atoms with Gasteiger partial charge in [0.1, 0.15) is 11.5 Å². The zero-order valence-electron chi connectivity index (χ0n) is 23.1. The van der Waals surface area contributed by atoms with Gasteiger partial charge in [-0.2, -0.15) is 0 Å². The van der Waals surface area contributed by atoms with Crippen molar-refractivity contribution in [2.75, 3.05) is 4.90 Å². The lowest BCUT2D eigenvalue weighted by Crippen LogP contribution is -2.41. The summed E-state index contributed by atoms with van der Waals surface area (Å²) >= 11 is 0. The second-order valence-corrected chi connectivity index (χ2v) is 11.1. The summed E-state index contributed by atoms with van der Waals surface area (Å²) in [6, 6.07) is 35.3. The molecule has 0 unspecified atom stereocenters. The van der Waals surface area contributed by atoms with Gasteiger partial charge in [-0.1, -0.05) is 100 Å². The highest BCUT2D eigenvalue weighted by Crippen LogP contribution is 2.40. The van der Waals surface area contributed by atoms with E-state index in [9.17, 15) is 9.59 Å². The number of imide groups is 1. The van der Waals surface area contributed by atoms with Gasteiger partial charge in [-0.3, -0.25) is 9.59 Å². The topological polar surface area (TPSA) is 46.6 Å². The number of carbonyl (C=O) groups is 2. The van der Waals surface area contributed by atoms with Gasteiger partial charge in [-0.15, -0.1) is 0 Å². The van der Waals surface area contributed by atoms with Crippen molar-refractivity contribution in [1.29, 1.82) is 0 Å². The van der Waals surface area contributed by atoms with Gasteiger partial charge in [0, 0.05) is 27.3 Å². The van der Waals surface area contributed by atoms with E-state index in [1.165, 1.54) is 16.0 Å². The van der Waals surface area contributed by atoms with Crippen LogP contribution in [0.5, 0.6) is 11.5 Å². The van der Waals surface area contributed by atoms with Gasteiger partial charge in [0.2, 0.25) is 0 Å². The number of anilines is 1. The van der Waals surface area contributed by atoms with Crippen LogP contribution in [0.2, 0.25) is 0 Å². The number of para-hydroxylation sites is 1. The lowest BCUT2D eigenvalue weighted by molar-refractivity contribution is 0.0893. The molecule has 5 aromatic carbocycles. The van der Waals surface area contributed by atoms with E-state index in [1.807, 2.05) is 60.7 Å². The number of nitrogens with zero attached hydrogens (tertiary/aromatic N) is 1. The summed E-state index contributed by atoms with van der Waals surface area (Å²) in [6.07, 6.45) is 0. The number of ether oxygens (including phenoxy) is 1. The van der Waals surface area contributed by atoms with Gasteiger partial charge in [0.15, 0.2) is 0 Å². The lowest BCUT2D eigenvalue weighted by Gasteiger charge is -2.30. The molecule has 4 nitrogen and oxygen atoms in total. The van der Waals surface area contributed by atoms with Crippen LogP contribution in [0, 0.1) is 0 Å². The molecule has 0 saturated carbocycles. The van der Waals surface area contributed by atoms with E-state index in [4.69, 9.17) is 4.74 Å². The van der Waals surface area contributed by atoms with E-state index in [2.05, 4.69) is 64.1 Å². The smallest absolute Gasteiger partial charge is 0.265 e. The number of hydrogen-bond acceptors (Lipinski definition) is 3. The minimum atomic E-state index is -0.319. The number of rotatable bonds is 6. The molecule has 0 saturated heterocycles. The Morgan fingerprint density at radius 1 is 0.650 bits per heavy atom. The average molecular weight is 526 g/mol. The molecule has 0 radical (unpaired) electrons. The van der Waals surface area contributed by atoms with Crippen molar-refractivity contribution in [3.8, 4) is 11.5 Å². The second-order valence-electron chi connectivity index (χ2n) is 11.1. The Morgan fingerprint density at radius 2 is 1.27 bits per heavy atom. The molecule has 4 heteroatoms. The van der Waals surface area contributed by atoms with Crippen molar-refractivity contribution in [2.24, 2.45) is 0 Å². The summed E-state index contributed by atoms with van der Waals surface area (Å²) in [5.41, 5.74) is 4.85. The summed E-state index contributed by atoms with van der Waals surface area (Å²) in [7, 11) is 0. The molecule has 0 aromatic heterocycles. The van der Waals surface area contributed by atoms with Gasteiger partial charge in [-0.05, 0) is 59.0 Å². The Balaban J connectivity index is 1.36. The first-order valence-electron chi connectivity index (χ1n) is 13.6. The first-order chi connectivity index (χ1) is 19.3. The van der Waals surface area contributed by atoms with Crippen LogP contribution in [0.15, 0.2) is 109 Å². The highest BCUT2D eigenvalue weighted by atomic mass is 16.5. The molecule has 0 fully saturated rings. The Labute approximate surface area is 234 Å². The van der Waals surface area contributed by atoms with Crippen molar-refractivity contribution in [2.45, 2.75) is 39.0 Å². The lowest BCUT2D eigenvalue weighted by atomic mass is 9.78. The highest BCUT2D eigenvalue weighted by Gasteiger charge is 2.36. The first-order valence-corrected chi connectivity index (χ1v) is 13.6. The molecule has 2 amide bonds. The fraction of sp³-hybridized carbons (Fsp3) is 0.167. The molecule has 0 atom stereocenters. The normalized spacial score (nSPS) is 13.3. The van der Waals surface area contributed by atoms with Crippen molar-refractivity contribution >= 4 is 28.3 Å². The first kappa shape index (κ1) is 25.6. The molecule has 0 spiro atoms. The minimum absolute atomic E-state index is 0.152. The zero-order chi connectivity index (χ0) is 28.0. The zero-order valence-corrected chi connectivity index (χ0v) is 23.1. The summed E-state index contributed by atoms with van der Waals surface area (Å²) in [5.74, 6) is 0.817. The number of carbonyl (C=O) groups excluding carboxylic acids is 2. The van der Waals surface area contributed by atoms with Crippen LogP contribution in [0.3, 0.4) is 0 Å². The van der Waals surface area contributed by atoms with Gasteiger partial charge in [0.25, 0.3) is 11.8 Å². The van der Waals surface area contributed by atoms with Gasteiger partial charge < -0.3 is 4.74 Å². The fourth-order valence-electron chi connectivity index (χ4n) is 5.64. The van der Waals surface area contributed by atoms with Crippen LogP contribution < -0.4 is 9.64 Å². The van der Waals surface area contributed by atoms with E-state index in [0.717, 1.165) is 10.9 Å². The third-order valence-corrected chi connectivity index (χ3v) is 7.97. The number of amides is 2. The van der Waals surface area contributed by atoms with Crippen LogP contribution >= 0.6 is 0 Å². The van der Waals surface area contributed by atoms with Gasteiger partial charge >= 0.3 is 0 Å². The van der Waals surface area contributed by atoms with E-state index in [-0.39, 0.29) is 23.1 Å². The van der Waals surface area contributed by atoms with Crippen LogP contribution in [0.1, 0.15) is 71.0 Å². The van der Waals surface area contributed by atoms with E-state index < -0.39 is 0 Å². The Bertz CT molecular complexity index is 1730. The molecular weight excluding hydrogens is 494 g/mol. The molecule has 5 aromatic rings.